The number of nitrogens with zero attached hydrogens (tertiary/aromatic N) is 2. The smallest absolute Gasteiger partial charge is 0.0610 e. The van der Waals surface area contributed by atoms with Crippen LogP contribution in [0, 0.1) is 0 Å². The van der Waals surface area contributed by atoms with Crippen LogP contribution in [0.15, 0.2) is 67.1 Å². The Morgan fingerprint density at radius 3 is 2.81 bits per heavy atom. The minimum Gasteiger partial charge on any atom is -0.395 e. The second-order valence-corrected chi connectivity index (χ2v) is 8.17. The maximum absolute atomic E-state index is 9.32. The molecule has 0 amide bonds. The second-order valence-electron chi connectivity index (χ2n) is 8.17. The highest BCUT2D eigenvalue weighted by molar-refractivity contribution is 5.85. The molecule has 31 heavy (non-hydrogen) atoms. The van der Waals surface area contributed by atoms with Crippen LogP contribution >= 0.6 is 12.4 Å². The lowest BCUT2D eigenvalue weighted by molar-refractivity contribution is 0.278. The Balaban J connectivity index is 0.00000272. The fourth-order valence-electron chi connectivity index (χ4n) is 4.22. The molecular weight excluding hydrogens is 406 g/mol. The number of aryl methyl sites for hydroxylation is 1. The van der Waals surface area contributed by atoms with Crippen LogP contribution in [0.3, 0.4) is 0 Å². The quantitative estimate of drug-likeness (QED) is 0.322. The molecule has 4 rings (SSSR count). The molecule has 0 saturated carbocycles. The zero-order chi connectivity index (χ0) is 20.8. The van der Waals surface area contributed by atoms with Gasteiger partial charge in [-0.3, -0.25) is 4.98 Å². The van der Waals surface area contributed by atoms with Crippen LogP contribution < -0.4 is 5.32 Å². The highest BCUT2D eigenvalue weighted by Gasteiger charge is 2.08. The first kappa shape index (κ1) is 23.3. The number of fused-ring (bicyclic) bond motifs is 2. The maximum Gasteiger partial charge on any atom is 0.0610 e. The third-order valence-corrected chi connectivity index (χ3v) is 5.90. The molecule has 2 N–H and O–H groups in total. The van der Waals surface area contributed by atoms with Gasteiger partial charge in [0.05, 0.1) is 6.61 Å². The third kappa shape index (κ3) is 5.85. The van der Waals surface area contributed by atoms with E-state index in [4.69, 9.17) is 0 Å². The van der Waals surface area contributed by atoms with Crippen LogP contribution in [0.2, 0.25) is 0 Å². The molecule has 2 heterocycles. The molecule has 1 atom stereocenters. The van der Waals surface area contributed by atoms with Crippen LogP contribution in [0.1, 0.15) is 37.3 Å². The Morgan fingerprint density at radius 1 is 1.06 bits per heavy atom. The van der Waals surface area contributed by atoms with E-state index in [1.54, 1.807) is 0 Å². The van der Waals surface area contributed by atoms with Crippen LogP contribution in [-0.2, 0) is 19.5 Å². The van der Waals surface area contributed by atoms with Crippen LogP contribution in [0.4, 0.5) is 0 Å². The standard InChI is InChI=1S/C26H31N3O.ClH/c1-20(28-17-21-10-11-23-18-27-13-12-22(23)16-21)6-2-3-7-24-19-29(14-15-30)26-9-5-4-8-25(24)26;/h4-5,8-13,16,18-20,28,30H,2-3,6-7,14-15,17H2,1H3;1H/t20-;/m1./s1. The van der Waals surface area contributed by atoms with E-state index in [2.05, 4.69) is 76.5 Å². The summed E-state index contributed by atoms with van der Waals surface area (Å²) in [5.41, 5.74) is 3.94. The summed E-state index contributed by atoms with van der Waals surface area (Å²) in [5.74, 6) is 0. The van der Waals surface area contributed by atoms with Gasteiger partial charge in [-0.15, -0.1) is 12.4 Å². The van der Waals surface area contributed by atoms with Gasteiger partial charge in [-0.1, -0.05) is 36.8 Å². The predicted molar refractivity (Wildman–Crippen MR) is 132 cm³/mol. The summed E-state index contributed by atoms with van der Waals surface area (Å²) in [7, 11) is 0. The number of pyridine rings is 1. The molecule has 0 aliphatic carbocycles. The van der Waals surface area contributed by atoms with Gasteiger partial charge in [-0.25, -0.2) is 0 Å². The molecule has 0 aliphatic rings. The van der Waals surface area contributed by atoms with Crippen LogP contribution in [0.5, 0.6) is 0 Å². The molecule has 0 spiro atoms. The average molecular weight is 438 g/mol. The summed E-state index contributed by atoms with van der Waals surface area (Å²) in [6, 6.07) is 17.7. The molecule has 164 valence electrons. The largest absolute Gasteiger partial charge is 0.395 e. The second kappa shape index (κ2) is 11.3. The molecule has 0 radical (unpaired) electrons. The highest BCUT2D eigenvalue weighted by Crippen LogP contribution is 2.23. The zero-order valence-corrected chi connectivity index (χ0v) is 18.9. The molecule has 4 aromatic rings. The molecule has 2 aromatic heterocycles. The average Bonchev–Trinajstić information content (AvgIpc) is 3.13. The summed E-state index contributed by atoms with van der Waals surface area (Å²) < 4.78 is 2.18. The zero-order valence-electron chi connectivity index (χ0n) is 18.1. The van der Waals surface area contributed by atoms with Gasteiger partial charge in [0.25, 0.3) is 0 Å². The summed E-state index contributed by atoms with van der Waals surface area (Å²) in [6.07, 6.45) is 10.6. The Bertz CT molecular complexity index is 1110. The first-order chi connectivity index (χ1) is 14.7. The number of para-hydroxylation sites is 1. The van der Waals surface area contributed by atoms with Crippen molar-refractivity contribution in [2.45, 2.75) is 51.7 Å². The van der Waals surface area contributed by atoms with E-state index >= 15 is 0 Å². The molecule has 0 aliphatic heterocycles. The topological polar surface area (TPSA) is 50.1 Å². The molecule has 0 fully saturated rings. The number of aliphatic hydroxyl groups is 1. The van der Waals surface area contributed by atoms with E-state index in [1.165, 1.54) is 52.1 Å². The van der Waals surface area contributed by atoms with E-state index in [1.807, 2.05) is 12.4 Å². The summed E-state index contributed by atoms with van der Waals surface area (Å²) in [6.45, 7) is 4.01. The monoisotopic (exact) mass is 437 g/mol. The SMILES string of the molecule is C[C@H](CCCCc1cn(CCO)c2ccccc12)NCc1ccc2cnccc2c1.Cl. The van der Waals surface area contributed by atoms with E-state index in [0.29, 0.717) is 12.6 Å². The Kier molecular flexibility index (Phi) is 8.47. The number of aliphatic hydroxyl groups excluding tert-OH is 1. The normalized spacial score (nSPS) is 12.2. The third-order valence-electron chi connectivity index (χ3n) is 5.90. The lowest BCUT2D eigenvalue weighted by Crippen LogP contribution is -2.25. The number of nitrogens with one attached hydrogen (secondary N) is 1. The van der Waals surface area contributed by atoms with Gasteiger partial charge in [0.2, 0.25) is 0 Å². The van der Waals surface area contributed by atoms with Crippen molar-refractivity contribution in [2.75, 3.05) is 6.61 Å². The van der Waals surface area contributed by atoms with E-state index in [0.717, 1.165) is 13.0 Å². The highest BCUT2D eigenvalue weighted by atomic mass is 35.5. The molecular formula is C26H32ClN3O. The number of aromatic nitrogens is 2. The molecule has 0 saturated heterocycles. The lowest BCUT2D eigenvalue weighted by Gasteiger charge is -2.14. The fraction of sp³-hybridized carbons (Fsp3) is 0.346. The van der Waals surface area contributed by atoms with Gasteiger partial charge in [0.15, 0.2) is 0 Å². The van der Waals surface area contributed by atoms with Gasteiger partial charge >= 0.3 is 0 Å². The molecule has 2 aromatic carbocycles. The van der Waals surface area contributed by atoms with E-state index in [-0.39, 0.29) is 19.0 Å². The van der Waals surface area contributed by atoms with E-state index in [9.17, 15) is 5.11 Å². The Labute approximate surface area is 190 Å². The van der Waals surface area contributed by atoms with Gasteiger partial charge in [-0.2, -0.15) is 0 Å². The van der Waals surface area contributed by atoms with Gasteiger partial charge < -0.3 is 15.0 Å². The maximum atomic E-state index is 9.32. The number of rotatable bonds is 10. The Hall–Kier alpha value is -2.40. The lowest BCUT2D eigenvalue weighted by atomic mass is 10.0. The molecule has 0 bridgehead atoms. The molecule has 4 nitrogen and oxygen atoms in total. The van der Waals surface area contributed by atoms with E-state index < -0.39 is 0 Å². The number of hydrogen-bond donors (Lipinski definition) is 2. The van der Waals surface area contributed by atoms with Crippen molar-refractivity contribution in [3.05, 3.63) is 78.2 Å². The van der Waals surface area contributed by atoms with Crippen molar-refractivity contribution in [1.29, 1.82) is 0 Å². The minimum absolute atomic E-state index is 0. The Morgan fingerprint density at radius 2 is 1.94 bits per heavy atom. The van der Waals surface area contributed by atoms with Crippen molar-refractivity contribution in [1.82, 2.24) is 14.9 Å². The summed E-state index contributed by atoms with van der Waals surface area (Å²) >= 11 is 0. The number of halogens is 1. The number of hydrogen-bond acceptors (Lipinski definition) is 3. The number of benzene rings is 2. The predicted octanol–water partition coefficient (Wildman–Crippen LogP) is 5.49. The first-order valence-electron chi connectivity index (χ1n) is 11.0. The minimum atomic E-state index is 0. The summed E-state index contributed by atoms with van der Waals surface area (Å²) in [4.78, 5) is 4.18. The van der Waals surface area contributed by atoms with Crippen molar-refractivity contribution in [3.63, 3.8) is 0 Å². The fourth-order valence-corrected chi connectivity index (χ4v) is 4.22. The first-order valence-corrected chi connectivity index (χ1v) is 11.0. The van der Waals surface area contributed by atoms with Crippen LogP contribution in [0.25, 0.3) is 21.7 Å². The van der Waals surface area contributed by atoms with Crippen molar-refractivity contribution >= 4 is 34.1 Å². The van der Waals surface area contributed by atoms with Crippen molar-refractivity contribution < 1.29 is 5.11 Å². The molecule has 5 heteroatoms. The van der Waals surface area contributed by atoms with Gasteiger partial charge in [-0.05, 0) is 60.9 Å². The van der Waals surface area contributed by atoms with Gasteiger partial charge in [0.1, 0.15) is 0 Å². The van der Waals surface area contributed by atoms with Crippen molar-refractivity contribution in [2.24, 2.45) is 0 Å². The molecule has 0 unspecified atom stereocenters. The van der Waals surface area contributed by atoms with Crippen molar-refractivity contribution in [3.8, 4) is 0 Å². The van der Waals surface area contributed by atoms with Gasteiger partial charge in [0, 0.05) is 54.0 Å². The van der Waals surface area contributed by atoms with Crippen LogP contribution in [-0.4, -0.2) is 27.3 Å². The summed E-state index contributed by atoms with van der Waals surface area (Å²) in [5, 5.41) is 16.7. The number of unbranched alkanes of at least 4 members (excludes halogenated alkanes) is 1.